The number of rotatable bonds is 6. The molecule has 0 unspecified atom stereocenters. The molecule has 0 radical (unpaired) electrons. The highest BCUT2D eigenvalue weighted by Crippen LogP contribution is 2.29. The lowest BCUT2D eigenvalue weighted by Crippen LogP contribution is -2.34. The molecule has 1 aromatic heterocycles. The van der Waals surface area contributed by atoms with Crippen LogP contribution in [0.2, 0.25) is 0 Å². The zero-order valence-corrected chi connectivity index (χ0v) is 13.9. The molecule has 1 N–H and O–H groups in total. The standard InChI is InChI=1S/C20H26N2O/c1-2-3-4-5-6-17-13-16-7-10-22-15-18(16)14-20(17)23-19-8-11-21-12-9-19/h5-7,10,13-15,19,21H,2-4,8-9,11-12H2,1H3/b6-5+. The van der Waals surface area contributed by atoms with E-state index in [1.165, 1.54) is 23.8 Å². The highest BCUT2D eigenvalue weighted by molar-refractivity contribution is 5.86. The average molecular weight is 310 g/mol. The predicted octanol–water partition coefficient (Wildman–Crippen LogP) is 4.57. The van der Waals surface area contributed by atoms with Crippen LogP contribution in [-0.2, 0) is 0 Å². The fraction of sp³-hybridized carbons (Fsp3) is 0.450. The van der Waals surface area contributed by atoms with E-state index in [0.29, 0.717) is 6.10 Å². The maximum absolute atomic E-state index is 6.33. The lowest BCUT2D eigenvalue weighted by atomic mass is 10.1. The molecule has 0 amide bonds. The van der Waals surface area contributed by atoms with E-state index in [-0.39, 0.29) is 0 Å². The number of benzene rings is 1. The molecule has 23 heavy (non-hydrogen) atoms. The highest BCUT2D eigenvalue weighted by atomic mass is 16.5. The number of hydrogen-bond donors (Lipinski definition) is 1. The summed E-state index contributed by atoms with van der Waals surface area (Å²) in [4.78, 5) is 4.23. The van der Waals surface area contributed by atoms with Gasteiger partial charge in [-0.1, -0.05) is 31.9 Å². The van der Waals surface area contributed by atoms with Gasteiger partial charge in [0.1, 0.15) is 11.9 Å². The Kier molecular flexibility index (Phi) is 5.65. The van der Waals surface area contributed by atoms with Gasteiger partial charge in [-0.25, -0.2) is 0 Å². The van der Waals surface area contributed by atoms with Gasteiger partial charge in [0.25, 0.3) is 0 Å². The molecule has 3 rings (SSSR count). The van der Waals surface area contributed by atoms with Gasteiger partial charge in [0.05, 0.1) is 0 Å². The fourth-order valence-electron chi connectivity index (χ4n) is 2.99. The van der Waals surface area contributed by atoms with Crippen LogP contribution in [0.5, 0.6) is 5.75 Å². The second kappa shape index (κ2) is 8.11. The summed E-state index contributed by atoms with van der Waals surface area (Å²) in [7, 11) is 0. The molecule has 2 aromatic rings. The van der Waals surface area contributed by atoms with Crippen molar-refractivity contribution >= 4 is 16.8 Å². The number of pyridine rings is 1. The molecule has 0 aliphatic carbocycles. The first kappa shape index (κ1) is 16.0. The number of hydrogen-bond acceptors (Lipinski definition) is 3. The third-order valence-electron chi connectivity index (χ3n) is 4.37. The summed E-state index contributed by atoms with van der Waals surface area (Å²) in [6.45, 7) is 4.31. The maximum Gasteiger partial charge on any atom is 0.127 e. The molecule has 1 saturated heterocycles. The molecule has 1 aliphatic rings. The number of fused-ring (bicyclic) bond motifs is 1. The van der Waals surface area contributed by atoms with E-state index in [9.17, 15) is 0 Å². The lowest BCUT2D eigenvalue weighted by molar-refractivity contribution is 0.162. The monoisotopic (exact) mass is 310 g/mol. The summed E-state index contributed by atoms with van der Waals surface area (Å²) < 4.78 is 6.33. The van der Waals surface area contributed by atoms with E-state index < -0.39 is 0 Å². The van der Waals surface area contributed by atoms with E-state index >= 15 is 0 Å². The number of aromatic nitrogens is 1. The van der Waals surface area contributed by atoms with Crippen LogP contribution in [0.4, 0.5) is 0 Å². The molecule has 3 nitrogen and oxygen atoms in total. The average Bonchev–Trinajstić information content (AvgIpc) is 2.60. The van der Waals surface area contributed by atoms with Crippen LogP contribution in [0.25, 0.3) is 16.8 Å². The Balaban J connectivity index is 1.86. The van der Waals surface area contributed by atoms with E-state index in [4.69, 9.17) is 4.74 Å². The molecule has 0 saturated carbocycles. The van der Waals surface area contributed by atoms with Crippen molar-refractivity contribution < 1.29 is 4.74 Å². The van der Waals surface area contributed by atoms with Gasteiger partial charge in [0, 0.05) is 23.3 Å². The van der Waals surface area contributed by atoms with Gasteiger partial charge < -0.3 is 10.1 Å². The van der Waals surface area contributed by atoms with Gasteiger partial charge >= 0.3 is 0 Å². The minimum Gasteiger partial charge on any atom is -0.490 e. The summed E-state index contributed by atoms with van der Waals surface area (Å²) in [6, 6.07) is 6.42. The Morgan fingerprint density at radius 1 is 1.26 bits per heavy atom. The van der Waals surface area contributed by atoms with Gasteiger partial charge in [-0.15, -0.1) is 0 Å². The third-order valence-corrected chi connectivity index (χ3v) is 4.37. The van der Waals surface area contributed by atoms with Gasteiger partial charge in [-0.3, -0.25) is 4.98 Å². The molecule has 0 bridgehead atoms. The zero-order valence-electron chi connectivity index (χ0n) is 13.9. The first-order chi connectivity index (χ1) is 11.4. The maximum atomic E-state index is 6.33. The second-order valence-corrected chi connectivity index (χ2v) is 6.22. The summed E-state index contributed by atoms with van der Waals surface area (Å²) in [6.07, 6.45) is 14.3. The Morgan fingerprint density at radius 3 is 2.96 bits per heavy atom. The molecule has 2 heterocycles. The van der Waals surface area contributed by atoms with Crippen molar-refractivity contribution in [3.8, 4) is 5.75 Å². The number of allylic oxidation sites excluding steroid dienone is 1. The molecule has 0 spiro atoms. The lowest BCUT2D eigenvalue weighted by Gasteiger charge is -2.25. The summed E-state index contributed by atoms with van der Waals surface area (Å²) >= 11 is 0. The Bertz CT molecular complexity index is 660. The van der Waals surface area contributed by atoms with Crippen LogP contribution in [-0.4, -0.2) is 24.2 Å². The van der Waals surface area contributed by atoms with Crippen LogP contribution in [0.15, 0.2) is 36.7 Å². The first-order valence-corrected chi connectivity index (χ1v) is 8.78. The topological polar surface area (TPSA) is 34.1 Å². The molecule has 122 valence electrons. The van der Waals surface area contributed by atoms with E-state index in [2.05, 4.69) is 47.6 Å². The second-order valence-electron chi connectivity index (χ2n) is 6.22. The summed E-state index contributed by atoms with van der Waals surface area (Å²) in [5.41, 5.74) is 1.18. The number of piperidine rings is 1. The Hall–Kier alpha value is -1.87. The van der Waals surface area contributed by atoms with Crippen molar-refractivity contribution in [2.45, 2.75) is 45.1 Å². The summed E-state index contributed by atoms with van der Waals surface area (Å²) in [5, 5.41) is 5.75. The minimum atomic E-state index is 0.313. The third kappa shape index (κ3) is 4.32. The zero-order chi connectivity index (χ0) is 15.9. The van der Waals surface area contributed by atoms with Crippen LogP contribution in [0, 0.1) is 0 Å². The van der Waals surface area contributed by atoms with Crippen molar-refractivity contribution in [3.05, 3.63) is 42.2 Å². The van der Waals surface area contributed by atoms with Crippen LogP contribution < -0.4 is 10.1 Å². The van der Waals surface area contributed by atoms with Crippen LogP contribution in [0.1, 0.15) is 44.6 Å². The molecular weight excluding hydrogens is 284 g/mol. The molecule has 1 aliphatic heterocycles. The first-order valence-electron chi connectivity index (χ1n) is 8.78. The van der Waals surface area contributed by atoms with Crippen molar-refractivity contribution in [2.24, 2.45) is 0 Å². The van der Waals surface area contributed by atoms with Crippen molar-refractivity contribution in [3.63, 3.8) is 0 Å². The highest BCUT2D eigenvalue weighted by Gasteiger charge is 2.16. The smallest absolute Gasteiger partial charge is 0.127 e. The summed E-state index contributed by atoms with van der Waals surface area (Å²) in [5.74, 6) is 0.991. The quantitative estimate of drug-likeness (QED) is 0.794. The van der Waals surface area contributed by atoms with Gasteiger partial charge in [-0.2, -0.15) is 0 Å². The van der Waals surface area contributed by atoms with Crippen LogP contribution in [0.3, 0.4) is 0 Å². The minimum absolute atomic E-state index is 0.313. The number of unbranched alkanes of at least 4 members (excludes halogenated alkanes) is 2. The predicted molar refractivity (Wildman–Crippen MR) is 96.8 cm³/mol. The van der Waals surface area contributed by atoms with Crippen molar-refractivity contribution in [1.29, 1.82) is 0 Å². The SMILES string of the molecule is CCCC/C=C/c1cc2ccncc2cc1OC1CCNCC1. The van der Waals surface area contributed by atoms with E-state index in [0.717, 1.165) is 43.5 Å². The van der Waals surface area contributed by atoms with Crippen LogP contribution >= 0.6 is 0 Å². The van der Waals surface area contributed by atoms with Gasteiger partial charge in [0.2, 0.25) is 0 Å². The van der Waals surface area contributed by atoms with Gasteiger partial charge in [0.15, 0.2) is 0 Å². The Labute approximate surface area is 138 Å². The van der Waals surface area contributed by atoms with E-state index in [1.54, 1.807) is 0 Å². The van der Waals surface area contributed by atoms with Gasteiger partial charge in [-0.05, 0) is 55.9 Å². The number of ether oxygens (including phenoxy) is 1. The number of nitrogens with one attached hydrogen (secondary N) is 1. The Morgan fingerprint density at radius 2 is 2.13 bits per heavy atom. The number of nitrogens with zero attached hydrogens (tertiary/aromatic N) is 1. The normalized spacial score (nSPS) is 16.2. The van der Waals surface area contributed by atoms with Crippen molar-refractivity contribution in [1.82, 2.24) is 10.3 Å². The molecule has 1 fully saturated rings. The molecule has 3 heteroatoms. The largest absolute Gasteiger partial charge is 0.490 e. The molecular formula is C20H26N2O. The molecule has 0 atom stereocenters. The molecule has 1 aromatic carbocycles. The van der Waals surface area contributed by atoms with Crippen molar-refractivity contribution in [2.75, 3.05) is 13.1 Å². The van der Waals surface area contributed by atoms with E-state index in [1.807, 2.05) is 12.4 Å². The fourth-order valence-corrected chi connectivity index (χ4v) is 2.99.